The Kier molecular flexibility index (Phi) is 9.21. The fourth-order valence-electron chi connectivity index (χ4n) is 3.50. The van der Waals surface area contributed by atoms with Crippen LogP contribution in [0.1, 0.15) is 18.9 Å². The van der Waals surface area contributed by atoms with E-state index in [0.717, 1.165) is 5.56 Å². The summed E-state index contributed by atoms with van der Waals surface area (Å²) < 4.78 is 32.8. The number of aromatic nitrogens is 3. The summed E-state index contributed by atoms with van der Waals surface area (Å²) in [4.78, 5) is 17.7. The number of rotatable bonds is 10. The number of hydrogen-bond acceptors (Lipinski definition) is 9. The summed E-state index contributed by atoms with van der Waals surface area (Å²) in [7, 11) is -2.34. The molecule has 10 nitrogen and oxygen atoms in total. The van der Waals surface area contributed by atoms with E-state index in [0.29, 0.717) is 34.1 Å². The number of anilines is 2. The monoisotopic (exact) mass is 594 g/mol. The van der Waals surface area contributed by atoms with Gasteiger partial charge >= 0.3 is 0 Å². The van der Waals surface area contributed by atoms with Crippen LogP contribution in [0.15, 0.2) is 82.7 Å². The predicted molar refractivity (Wildman–Crippen MR) is 154 cm³/mol. The van der Waals surface area contributed by atoms with Crippen LogP contribution in [0.2, 0.25) is 5.15 Å². The molecule has 1 amide bonds. The van der Waals surface area contributed by atoms with Gasteiger partial charge in [-0.05, 0) is 79.2 Å². The van der Waals surface area contributed by atoms with Crippen molar-refractivity contribution >= 4 is 50.8 Å². The fourth-order valence-corrected chi connectivity index (χ4v) is 5.59. The van der Waals surface area contributed by atoms with E-state index in [1.165, 1.54) is 48.2 Å². The molecule has 0 saturated heterocycles. The number of nitrogens with one attached hydrogen (secondary N) is 2. The molecule has 2 aromatic carbocycles. The molecule has 0 saturated carbocycles. The maximum atomic E-state index is 13.1. The van der Waals surface area contributed by atoms with E-state index in [2.05, 4.69) is 31.3 Å². The van der Waals surface area contributed by atoms with Crippen molar-refractivity contribution in [1.82, 2.24) is 15.2 Å². The summed E-state index contributed by atoms with van der Waals surface area (Å²) in [5.74, 6) is 0.427. The molecule has 40 heavy (non-hydrogen) atoms. The maximum absolute atomic E-state index is 13.1. The minimum absolute atomic E-state index is 0.0194. The van der Waals surface area contributed by atoms with Crippen molar-refractivity contribution in [3.05, 3.63) is 83.5 Å². The zero-order chi connectivity index (χ0) is 28.7. The third kappa shape index (κ3) is 7.06. The second-order valence-electron chi connectivity index (χ2n) is 8.26. The SMILES string of the molecule is CCC(Sc1nc(-c2ccc(OC)cc2)ccc1C#N)C(=O)Nc1ccc(S(=O)(=O)Nc2ccc(Cl)nn2)cc1. The minimum atomic E-state index is -3.93. The first-order valence-electron chi connectivity index (χ1n) is 11.9. The molecule has 1 atom stereocenters. The highest BCUT2D eigenvalue weighted by Gasteiger charge is 2.22. The minimum Gasteiger partial charge on any atom is -0.497 e. The summed E-state index contributed by atoms with van der Waals surface area (Å²) in [5, 5.41) is 19.7. The molecule has 0 fully saturated rings. The molecule has 0 spiro atoms. The summed E-state index contributed by atoms with van der Waals surface area (Å²) in [6, 6.07) is 21.5. The normalized spacial score (nSPS) is 11.8. The second kappa shape index (κ2) is 12.8. The first kappa shape index (κ1) is 28.8. The molecule has 0 aliphatic heterocycles. The molecule has 204 valence electrons. The zero-order valence-corrected chi connectivity index (χ0v) is 23.7. The van der Waals surface area contributed by atoms with E-state index in [1.54, 1.807) is 19.2 Å². The molecular formula is C27H23ClN6O4S2. The van der Waals surface area contributed by atoms with Crippen LogP contribution < -0.4 is 14.8 Å². The first-order chi connectivity index (χ1) is 19.2. The number of sulfonamides is 1. The molecule has 2 heterocycles. The van der Waals surface area contributed by atoms with E-state index in [4.69, 9.17) is 16.3 Å². The van der Waals surface area contributed by atoms with Gasteiger partial charge in [-0.25, -0.2) is 13.4 Å². The van der Waals surface area contributed by atoms with Crippen LogP contribution in [0.25, 0.3) is 11.3 Å². The van der Waals surface area contributed by atoms with Crippen LogP contribution in [-0.2, 0) is 14.8 Å². The van der Waals surface area contributed by atoms with Crippen molar-refractivity contribution in [3.63, 3.8) is 0 Å². The number of nitriles is 1. The number of carbonyl (C=O) groups is 1. The number of carbonyl (C=O) groups excluding carboxylic acids is 1. The van der Waals surface area contributed by atoms with Gasteiger partial charge in [0.05, 0.1) is 28.5 Å². The Morgan fingerprint density at radius 2 is 1.77 bits per heavy atom. The highest BCUT2D eigenvalue weighted by atomic mass is 35.5. The Balaban J connectivity index is 1.46. The third-order valence-corrected chi connectivity index (χ3v) is 8.53. The molecule has 0 radical (unpaired) electrons. The van der Waals surface area contributed by atoms with Gasteiger partial charge in [0.15, 0.2) is 11.0 Å². The number of ether oxygens (including phenoxy) is 1. The lowest BCUT2D eigenvalue weighted by atomic mass is 10.1. The van der Waals surface area contributed by atoms with Gasteiger partial charge in [-0.15, -0.1) is 10.2 Å². The highest BCUT2D eigenvalue weighted by Crippen LogP contribution is 2.31. The third-order valence-electron chi connectivity index (χ3n) is 5.59. The van der Waals surface area contributed by atoms with Crippen molar-refractivity contribution in [2.75, 3.05) is 17.1 Å². The number of hydrogen-bond donors (Lipinski definition) is 2. The molecule has 4 aromatic rings. The summed E-state index contributed by atoms with van der Waals surface area (Å²) in [6.45, 7) is 1.86. The van der Waals surface area contributed by atoms with Gasteiger partial charge in [-0.2, -0.15) is 5.26 Å². The summed E-state index contributed by atoms with van der Waals surface area (Å²) in [6.07, 6.45) is 0.467. The maximum Gasteiger partial charge on any atom is 0.263 e. The Labute approximate surface area is 240 Å². The number of halogens is 1. The van der Waals surface area contributed by atoms with E-state index in [9.17, 15) is 18.5 Å². The van der Waals surface area contributed by atoms with E-state index in [-0.39, 0.29) is 21.8 Å². The van der Waals surface area contributed by atoms with Gasteiger partial charge < -0.3 is 10.1 Å². The lowest BCUT2D eigenvalue weighted by molar-refractivity contribution is -0.115. The van der Waals surface area contributed by atoms with Gasteiger partial charge in [0.2, 0.25) is 5.91 Å². The lowest BCUT2D eigenvalue weighted by Gasteiger charge is -2.16. The van der Waals surface area contributed by atoms with E-state index < -0.39 is 15.3 Å². The Bertz CT molecular complexity index is 1640. The number of nitrogens with zero attached hydrogens (tertiary/aromatic N) is 4. The number of thioether (sulfide) groups is 1. The van der Waals surface area contributed by atoms with E-state index in [1.807, 2.05) is 31.2 Å². The van der Waals surface area contributed by atoms with Crippen molar-refractivity contribution in [1.29, 1.82) is 5.26 Å². The fraction of sp³-hybridized carbons (Fsp3) is 0.148. The zero-order valence-electron chi connectivity index (χ0n) is 21.3. The smallest absolute Gasteiger partial charge is 0.263 e. The summed E-state index contributed by atoms with van der Waals surface area (Å²) >= 11 is 6.88. The first-order valence-corrected chi connectivity index (χ1v) is 14.6. The molecular weight excluding hydrogens is 572 g/mol. The number of benzene rings is 2. The van der Waals surface area contributed by atoms with Crippen molar-refractivity contribution in [2.24, 2.45) is 0 Å². The van der Waals surface area contributed by atoms with E-state index >= 15 is 0 Å². The predicted octanol–water partition coefficient (Wildman–Crippen LogP) is 5.38. The molecule has 0 aliphatic carbocycles. The topological polar surface area (TPSA) is 147 Å². The quantitative estimate of drug-likeness (QED) is 0.231. The molecule has 2 aromatic heterocycles. The van der Waals surface area contributed by atoms with Gasteiger partial charge in [-0.1, -0.05) is 30.3 Å². The molecule has 4 rings (SSSR count). The van der Waals surface area contributed by atoms with Crippen molar-refractivity contribution in [2.45, 2.75) is 28.5 Å². The average molecular weight is 595 g/mol. The molecule has 0 aliphatic rings. The second-order valence-corrected chi connectivity index (χ2v) is 11.5. The standard InChI is InChI=1S/C27H23ClN6O4S2/c1-3-23(39-27-18(16-29)6-13-22(31-27)17-4-9-20(38-2)10-5-17)26(35)30-19-7-11-21(12-8-19)40(36,37)34-25-15-14-24(28)32-33-25/h4-15,23H,3H2,1-2H3,(H,30,35)(H,33,34). The number of methoxy groups -OCH3 is 1. The molecule has 0 bridgehead atoms. The van der Waals surface area contributed by atoms with Crippen LogP contribution in [0.3, 0.4) is 0 Å². The van der Waals surface area contributed by atoms with Gasteiger partial charge in [0.1, 0.15) is 16.8 Å². The molecule has 2 N–H and O–H groups in total. The number of amides is 1. The molecule has 1 unspecified atom stereocenters. The lowest BCUT2D eigenvalue weighted by Crippen LogP contribution is -2.25. The van der Waals surface area contributed by atoms with Gasteiger partial charge in [0, 0.05) is 11.3 Å². The number of pyridine rings is 1. The van der Waals surface area contributed by atoms with Crippen LogP contribution in [0.5, 0.6) is 5.75 Å². The highest BCUT2D eigenvalue weighted by molar-refractivity contribution is 8.00. The van der Waals surface area contributed by atoms with Gasteiger partial charge in [-0.3, -0.25) is 9.52 Å². The van der Waals surface area contributed by atoms with Crippen molar-refractivity contribution in [3.8, 4) is 23.1 Å². The largest absolute Gasteiger partial charge is 0.497 e. The van der Waals surface area contributed by atoms with Gasteiger partial charge in [0.25, 0.3) is 10.0 Å². The Morgan fingerprint density at radius 1 is 1.05 bits per heavy atom. The van der Waals surface area contributed by atoms with Crippen LogP contribution in [0, 0.1) is 11.3 Å². The van der Waals surface area contributed by atoms with Crippen LogP contribution in [-0.4, -0.2) is 41.9 Å². The van der Waals surface area contributed by atoms with Crippen LogP contribution >= 0.6 is 23.4 Å². The molecule has 13 heteroatoms. The Hall–Kier alpha value is -4.18. The van der Waals surface area contributed by atoms with Crippen molar-refractivity contribution < 1.29 is 17.9 Å². The van der Waals surface area contributed by atoms with Crippen LogP contribution in [0.4, 0.5) is 11.5 Å². The average Bonchev–Trinajstić information content (AvgIpc) is 2.97. The Morgan fingerprint density at radius 3 is 2.38 bits per heavy atom. The summed E-state index contributed by atoms with van der Waals surface area (Å²) in [5.41, 5.74) is 2.28.